The maximum atomic E-state index is 12.5. The maximum Gasteiger partial charge on any atom is 0.316 e. The van der Waals surface area contributed by atoms with Gasteiger partial charge in [0.05, 0.1) is 12.4 Å². The molecule has 0 bridgehead atoms. The van der Waals surface area contributed by atoms with E-state index in [9.17, 15) is 4.39 Å². The average Bonchev–Trinajstić information content (AvgIpc) is 2.63. The summed E-state index contributed by atoms with van der Waals surface area (Å²) < 4.78 is 17.9. The third kappa shape index (κ3) is 2.62. The van der Waals surface area contributed by atoms with Crippen molar-refractivity contribution in [1.82, 2.24) is 14.9 Å². The molecule has 5 heteroatoms. The fourth-order valence-corrected chi connectivity index (χ4v) is 1.74. The van der Waals surface area contributed by atoms with Crippen molar-refractivity contribution in [3.05, 3.63) is 18.2 Å². The van der Waals surface area contributed by atoms with E-state index in [1.165, 1.54) is 6.42 Å². The van der Waals surface area contributed by atoms with E-state index in [0.717, 1.165) is 25.4 Å². The topological polar surface area (TPSA) is 38.2 Å². The van der Waals surface area contributed by atoms with Crippen LogP contribution < -0.4 is 4.74 Å². The van der Waals surface area contributed by atoms with Crippen LogP contribution in [0.25, 0.3) is 0 Å². The SMILES string of the molecule is CN1CCCC1COc1ncc(F)cn1. The second-order valence-corrected chi connectivity index (χ2v) is 3.77. The normalized spacial score (nSPS) is 21.9. The van der Waals surface area contributed by atoms with Crippen LogP contribution in [0.5, 0.6) is 6.01 Å². The second-order valence-electron chi connectivity index (χ2n) is 3.77. The first-order valence-corrected chi connectivity index (χ1v) is 5.06. The van der Waals surface area contributed by atoms with Gasteiger partial charge in [0.1, 0.15) is 6.61 Å². The van der Waals surface area contributed by atoms with E-state index < -0.39 is 5.82 Å². The molecule has 1 fully saturated rings. The molecular weight excluding hydrogens is 197 g/mol. The quantitative estimate of drug-likeness (QED) is 0.750. The molecule has 0 aromatic carbocycles. The summed E-state index contributed by atoms with van der Waals surface area (Å²) in [6.07, 6.45) is 4.56. The van der Waals surface area contributed by atoms with Gasteiger partial charge >= 0.3 is 6.01 Å². The fraction of sp³-hybridized carbons (Fsp3) is 0.600. The second kappa shape index (κ2) is 4.53. The van der Waals surface area contributed by atoms with E-state index in [4.69, 9.17) is 4.74 Å². The zero-order valence-corrected chi connectivity index (χ0v) is 8.69. The largest absolute Gasteiger partial charge is 0.462 e. The van der Waals surface area contributed by atoms with Crippen LogP contribution in [0.2, 0.25) is 0 Å². The molecule has 2 heterocycles. The summed E-state index contributed by atoms with van der Waals surface area (Å²) in [6.45, 7) is 1.68. The van der Waals surface area contributed by atoms with E-state index in [-0.39, 0.29) is 6.01 Å². The molecule has 0 saturated carbocycles. The Balaban J connectivity index is 1.85. The van der Waals surface area contributed by atoms with Crippen molar-refractivity contribution in [2.75, 3.05) is 20.2 Å². The van der Waals surface area contributed by atoms with Crippen molar-refractivity contribution < 1.29 is 9.13 Å². The van der Waals surface area contributed by atoms with Gasteiger partial charge in [-0.15, -0.1) is 0 Å². The number of aromatic nitrogens is 2. The Morgan fingerprint density at radius 3 is 2.87 bits per heavy atom. The van der Waals surface area contributed by atoms with Crippen LogP contribution in [-0.2, 0) is 0 Å². The Bertz CT molecular complexity index is 317. The molecule has 1 aromatic rings. The Morgan fingerprint density at radius 1 is 1.53 bits per heavy atom. The first-order chi connectivity index (χ1) is 7.25. The highest BCUT2D eigenvalue weighted by Crippen LogP contribution is 2.15. The van der Waals surface area contributed by atoms with Gasteiger partial charge in [-0.05, 0) is 26.4 Å². The van der Waals surface area contributed by atoms with E-state index >= 15 is 0 Å². The summed E-state index contributed by atoms with van der Waals surface area (Å²) >= 11 is 0. The van der Waals surface area contributed by atoms with Crippen LogP contribution in [0.4, 0.5) is 4.39 Å². The third-order valence-corrected chi connectivity index (χ3v) is 2.67. The summed E-state index contributed by atoms with van der Waals surface area (Å²) in [5, 5.41) is 0. The number of rotatable bonds is 3. The summed E-state index contributed by atoms with van der Waals surface area (Å²) in [5.41, 5.74) is 0. The van der Waals surface area contributed by atoms with Crippen LogP contribution >= 0.6 is 0 Å². The molecule has 1 unspecified atom stereocenters. The Hall–Kier alpha value is -1.23. The van der Waals surface area contributed by atoms with Gasteiger partial charge in [-0.1, -0.05) is 0 Å². The maximum absolute atomic E-state index is 12.5. The van der Waals surface area contributed by atoms with Crippen LogP contribution in [-0.4, -0.2) is 41.1 Å². The minimum atomic E-state index is -0.444. The molecule has 4 nitrogen and oxygen atoms in total. The average molecular weight is 211 g/mol. The zero-order chi connectivity index (χ0) is 10.7. The van der Waals surface area contributed by atoms with E-state index in [0.29, 0.717) is 12.6 Å². The van der Waals surface area contributed by atoms with Crippen molar-refractivity contribution in [3.8, 4) is 6.01 Å². The van der Waals surface area contributed by atoms with Crippen LogP contribution in [0.1, 0.15) is 12.8 Å². The minimum absolute atomic E-state index is 0.247. The van der Waals surface area contributed by atoms with Crippen LogP contribution in [0.3, 0.4) is 0 Å². The number of likely N-dealkylation sites (N-methyl/N-ethyl adjacent to an activating group) is 1. The monoisotopic (exact) mass is 211 g/mol. The molecule has 0 aliphatic carbocycles. The smallest absolute Gasteiger partial charge is 0.316 e. The number of likely N-dealkylation sites (tertiary alicyclic amines) is 1. The van der Waals surface area contributed by atoms with Crippen molar-refractivity contribution >= 4 is 0 Å². The number of ether oxygens (including phenoxy) is 1. The number of nitrogens with zero attached hydrogens (tertiary/aromatic N) is 3. The lowest BCUT2D eigenvalue weighted by Gasteiger charge is -2.18. The molecule has 15 heavy (non-hydrogen) atoms. The van der Waals surface area contributed by atoms with Gasteiger partial charge in [-0.2, -0.15) is 0 Å². The summed E-state index contributed by atoms with van der Waals surface area (Å²) in [4.78, 5) is 9.73. The lowest BCUT2D eigenvalue weighted by atomic mass is 10.2. The molecule has 1 aliphatic heterocycles. The zero-order valence-electron chi connectivity index (χ0n) is 8.69. The van der Waals surface area contributed by atoms with Crippen molar-refractivity contribution in [2.24, 2.45) is 0 Å². The molecule has 1 saturated heterocycles. The lowest BCUT2D eigenvalue weighted by Crippen LogP contribution is -2.30. The minimum Gasteiger partial charge on any atom is -0.462 e. The molecule has 82 valence electrons. The van der Waals surface area contributed by atoms with Crippen LogP contribution in [0.15, 0.2) is 12.4 Å². The molecule has 0 N–H and O–H groups in total. The van der Waals surface area contributed by atoms with Gasteiger partial charge in [0.15, 0.2) is 5.82 Å². The molecule has 1 atom stereocenters. The predicted molar refractivity (Wildman–Crippen MR) is 53.1 cm³/mol. The molecule has 0 amide bonds. The highest BCUT2D eigenvalue weighted by Gasteiger charge is 2.21. The fourth-order valence-electron chi connectivity index (χ4n) is 1.74. The number of halogens is 1. The Morgan fingerprint density at radius 2 is 2.27 bits per heavy atom. The highest BCUT2D eigenvalue weighted by atomic mass is 19.1. The molecule has 2 rings (SSSR count). The predicted octanol–water partition coefficient (Wildman–Crippen LogP) is 1.09. The first kappa shape index (κ1) is 10.3. The van der Waals surface area contributed by atoms with Gasteiger partial charge in [0, 0.05) is 6.04 Å². The third-order valence-electron chi connectivity index (χ3n) is 2.67. The van der Waals surface area contributed by atoms with Gasteiger partial charge in [-0.3, -0.25) is 0 Å². The highest BCUT2D eigenvalue weighted by molar-refractivity contribution is 4.96. The molecule has 0 spiro atoms. The standard InChI is InChI=1S/C10H14FN3O/c1-14-4-2-3-9(14)7-15-10-12-5-8(11)6-13-10/h5-6,9H,2-4,7H2,1H3. The Kier molecular flexibility index (Phi) is 3.11. The van der Waals surface area contributed by atoms with Gasteiger partial charge in [0.2, 0.25) is 0 Å². The molecule has 1 aliphatic rings. The van der Waals surface area contributed by atoms with Gasteiger partial charge in [0.25, 0.3) is 0 Å². The van der Waals surface area contributed by atoms with Gasteiger partial charge < -0.3 is 9.64 Å². The van der Waals surface area contributed by atoms with Crippen molar-refractivity contribution in [2.45, 2.75) is 18.9 Å². The number of hydrogen-bond acceptors (Lipinski definition) is 4. The van der Waals surface area contributed by atoms with E-state index in [2.05, 4.69) is 21.9 Å². The number of hydrogen-bond donors (Lipinski definition) is 0. The lowest BCUT2D eigenvalue weighted by molar-refractivity contribution is 0.187. The van der Waals surface area contributed by atoms with Crippen molar-refractivity contribution in [1.29, 1.82) is 0 Å². The summed E-state index contributed by atoms with van der Waals surface area (Å²) in [6, 6.07) is 0.676. The summed E-state index contributed by atoms with van der Waals surface area (Å²) in [7, 11) is 2.08. The molecular formula is C10H14FN3O. The molecule has 1 aromatic heterocycles. The molecule has 0 radical (unpaired) electrons. The summed E-state index contributed by atoms with van der Waals surface area (Å²) in [5.74, 6) is -0.444. The van der Waals surface area contributed by atoms with E-state index in [1.807, 2.05) is 0 Å². The van der Waals surface area contributed by atoms with E-state index in [1.54, 1.807) is 0 Å². The Labute approximate surface area is 88.1 Å². The van der Waals surface area contributed by atoms with Gasteiger partial charge in [-0.25, -0.2) is 14.4 Å². The van der Waals surface area contributed by atoms with Crippen molar-refractivity contribution in [3.63, 3.8) is 0 Å². The first-order valence-electron chi connectivity index (χ1n) is 5.06. The van der Waals surface area contributed by atoms with Crippen LogP contribution in [0, 0.1) is 5.82 Å².